The molecule has 0 aliphatic carbocycles. The molecule has 0 saturated carbocycles. The molecule has 5 nitrogen and oxygen atoms in total. The summed E-state index contributed by atoms with van der Waals surface area (Å²) in [5.41, 5.74) is 2.38. The van der Waals surface area contributed by atoms with Crippen molar-refractivity contribution in [2.45, 2.75) is 12.8 Å². The maximum Gasteiger partial charge on any atom is 0.273 e. The van der Waals surface area contributed by atoms with Gasteiger partial charge in [0.2, 0.25) is 5.91 Å². The van der Waals surface area contributed by atoms with Gasteiger partial charge in [-0.3, -0.25) is 9.59 Å². The van der Waals surface area contributed by atoms with E-state index in [2.05, 4.69) is 4.98 Å². The van der Waals surface area contributed by atoms with Gasteiger partial charge >= 0.3 is 0 Å². The van der Waals surface area contributed by atoms with Crippen molar-refractivity contribution in [1.82, 2.24) is 14.8 Å². The van der Waals surface area contributed by atoms with Crippen molar-refractivity contribution >= 4 is 23.2 Å². The number of carbonyl (C=O) groups is 2. The number of aromatic nitrogens is 1. The lowest BCUT2D eigenvalue weighted by Gasteiger charge is -2.34. The smallest absolute Gasteiger partial charge is 0.273 e. The largest absolute Gasteiger partial charge is 0.339 e. The molecule has 0 unspecified atom stereocenters. The van der Waals surface area contributed by atoms with Gasteiger partial charge in [-0.2, -0.15) is 0 Å². The Kier molecular flexibility index (Phi) is 6.18. The first-order valence-corrected chi connectivity index (χ1v) is 10.8. The van der Waals surface area contributed by atoms with Crippen molar-refractivity contribution in [2.24, 2.45) is 0 Å². The second-order valence-electron chi connectivity index (χ2n) is 7.27. The van der Waals surface area contributed by atoms with E-state index in [1.54, 1.807) is 22.4 Å². The zero-order chi connectivity index (χ0) is 20.9. The number of benzene rings is 2. The fourth-order valence-corrected chi connectivity index (χ4v) is 4.27. The molecule has 0 bridgehead atoms. The van der Waals surface area contributed by atoms with Crippen molar-refractivity contribution in [3.63, 3.8) is 0 Å². The van der Waals surface area contributed by atoms with Crippen LogP contribution in [0.25, 0.3) is 0 Å². The number of hydrogen-bond donors (Lipinski definition) is 0. The highest BCUT2D eigenvalue weighted by molar-refractivity contribution is 7.09. The summed E-state index contributed by atoms with van der Waals surface area (Å²) in [5, 5.41) is 2.59. The van der Waals surface area contributed by atoms with Crippen LogP contribution in [-0.2, 0) is 17.6 Å². The van der Waals surface area contributed by atoms with Crippen molar-refractivity contribution in [3.05, 3.63) is 87.6 Å². The number of thiazole rings is 1. The van der Waals surface area contributed by atoms with Gasteiger partial charge in [-0.1, -0.05) is 42.5 Å². The maximum absolute atomic E-state index is 13.0. The third kappa shape index (κ3) is 4.91. The zero-order valence-corrected chi connectivity index (χ0v) is 17.3. The van der Waals surface area contributed by atoms with Crippen LogP contribution in [0.2, 0.25) is 0 Å². The molecule has 1 aliphatic rings. The van der Waals surface area contributed by atoms with Gasteiger partial charge in [0.1, 0.15) is 11.5 Å². The highest BCUT2D eigenvalue weighted by Gasteiger charge is 2.26. The summed E-state index contributed by atoms with van der Waals surface area (Å²) in [7, 11) is 0. The fourth-order valence-electron chi connectivity index (χ4n) is 3.47. The molecule has 0 spiro atoms. The summed E-state index contributed by atoms with van der Waals surface area (Å²) in [4.78, 5) is 33.3. The van der Waals surface area contributed by atoms with E-state index >= 15 is 0 Å². The summed E-state index contributed by atoms with van der Waals surface area (Å²) in [6.07, 6.45) is 0.952. The van der Waals surface area contributed by atoms with Crippen LogP contribution >= 0.6 is 11.3 Å². The third-order valence-electron chi connectivity index (χ3n) is 5.16. The summed E-state index contributed by atoms with van der Waals surface area (Å²) in [6, 6.07) is 16.0. The average molecular weight is 424 g/mol. The third-order valence-corrected chi connectivity index (χ3v) is 6.01. The SMILES string of the molecule is O=C(Cc1ccccc1)N1CCN(C(=O)c2csc(Cc3ccc(F)cc3)n2)CC1. The molecule has 2 aromatic carbocycles. The van der Waals surface area contributed by atoms with Gasteiger partial charge in [-0.05, 0) is 23.3 Å². The Balaban J connectivity index is 1.30. The molecule has 30 heavy (non-hydrogen) atoms. The molecule has 1 fully saturated rings. The first-order chi connectivity index (χ1) is 14.6. The van der Waals surface area contributed by atoms with E-state index in [1.807, 2.05) is 35.2 Å². The van der Waals surface area contributed by atoms with E-state index in [-0.39, 0.29) is 17.6 Å². The van der Waals surface area contributed by atoms with Gasteiger partial charge in [0.25, 0.3) is 5.91 Å². The second-order valence-corrected chi connectivity index (χ2v) is 8.21. The number of rotatable bonds is 5. The van der Waals surface area contributed by atoms with Crippen LogP contribution in [0.3, 0.4) is 0 Å². The van der Waals surface area contributed by atoms with E-state index in [9.17, 15) is 14.0 Å². The topological polar surface area (TPSA) is 53.5 Å². The Labute approximate surface area is 178 Å². The van der Waals surface area contributed by atoms with E-state index in [4.69, 9.17) is 0 Å². The first kappa shape index (κ1) is 20.2. The van der Waals surface area contributed by atoms with Crippen LogP contribution in [-0.4, -0.2) is 52.8 Å². The lowest BCUT2D eigenvalue weighted by molar-refractivity contribution is -0.131. The highest BCUT2D eigenvalue weighted by Crippen LogP contribution is 2.17. The van der Waals surface area contributed by atoms with E-state index in [0.717, 1.165) is 16.1 Å². The standard InChI is InChI=1S/C23H22FN3O2S/c24-19-8-6-18(7-9-19)14-21-25-20(16-30-21)23(29)27-12-10-26(11-13-27)22(28)15-17-4-2-1-3-5-17/h1-9,16H,10-15H2. The summed E-state index contributed by atoms with van der Waals surface area (Å²) >= 11 is 1.43. The van der Waals surface area contributed by atoms with E-state index in [1.165, 1.54) is 23.5 Å². The summed E-state index contributed by atoms with van der Waals surface area (Å²) in [6.45, 7) is 2.07. The molecule has 154 valence electrons. The predicted octanol–water partition coefficient (Wildman–Crippen LogP) is 3.40. The van der Waals surface area contributed by atoms with Crippen LogP contribution < -0.4 is 0 Å². The van der Waals surface area contributed by atoms with Crippen molar-refractivity contribution in [3.8, 4) is 0 Å². The maximum atomic E-state index is 13.0. The van der Waals surface area contributed by atoms with Gasteiger partial charge in [-0.15, -0.1) is 11.3 Å². The lowest BCUT2D eigenvalue weighted by atomic mass is 10.1. The van der Waals surface area contributed by atoms with Crippen LogP contribution in [0, 0.1) is 5.82 Å². The molecular formula is C23H22FN3O2S. The van der Waals surface area contributed by atoms with Gasteiger partial charge in [-0.25, -0.2) is 9.37 Å². The molecule has 2 amide bonds. The molecule has 0 N–H and O–H groups in total. The zero-order valence-electron chi connectivity index (χ0n) is 16.5. The van der Waals surface area contributed by atoms with Crippen LogP contribution in [0.5, 0.6) is 0 Å². The predicted molar refractivity (Wildman–Crippen MR) is 114 cm³/mol. The average Bonchev–Trinajstić information content (AvgIpc) is 3.24. The molecule has 2 heterocycles. The lowest BCUT2D eigenvalue weighted by Crippen LogP contribution is -2.51. The molecule has 1 aromatic heterocycles. The second kappa shape index (κ2) is 9.17. The quantitative estimate of drug-likeness (QED) is 0.632. The fraction of sp³-hybridized carbons (Fsp3) is 0.261. The van der Waals surface area contributed by atoms with Gasteiger partial charge in [0, 0.05) is 38.0 Å². The molecule has 3 aromatic rings. The van der Waals surface area contributed by atoms with Crippen molar-refractivity contribution in [1.29, 1.82) is 0 Å². The molecule has 1 aliphatic heterocycles. The van der Waals surface area contributed by atoms with Gasteiger partial charge in [0.15, 0.2) is 0 Å². The molecule has 1 saturated heterocycles. The normalized spacial score (nSPS) is 14.0. The number of hydrogen-bond acceptors (Lipinski definition) is 4. The van der Waals surface area contributed by atoms with Gasteiger partial charge in [0.05, 0.1) is 11.4 Å². The van der Waals surface area contributed by atoms with Crippen LogP contribution in [0.1, 0.15) is 26.6 Å². The molecule has 4 rings (SSSR count). The molecule has 0 atom stereocenters. The number of nitrogens with zero attached hydrogens (tertiary/aromatic N) is 3. The highest BCUT2D eigenvalue weighted by atomic mass is 32.1. The molecular weight excluding hydrogens is 401 g/mol. The Hall–Kier alpha value is -3.06. The Bertz CT molecular complexity index is 1010. The Morgan fingerprint density at radius 3 is 2.27 bits per heavy atom. The number of amides is 2. The van der Waals surface area contributed by atoms with Crippen LogP contribution in [0.4, 0.5) is 4.39 Å². The molecule has 7 heteroatoms. The summed E-state index contributed by atoms with van der Waals surface area (Å²) < 4.78 is 13.0. The van der Waals surface area contributed by atoms with Gasteiger partial charge < -0.3 is 9.80 Å². The minimum Gasteiger partial charge on any atom is -0.339 e. The monoisotopic (exact) mass is 423 g/mol. The van der Waals surface area contributed by atoms with Crippen LogP contribution in [0.15, 0.2) is 60.0 Å². The Morgan fingerprint density at radius 2 is 1.57 bits per heavy atom. The Morgan fingerprint density at radius 1 is 0.900 bits per heavy atom. The van der Waals surface area contributed by atoms with Crippen molar-refractivity contribution < 1.29 is 14.0 Å². The molecule has 0 radical (unpaired) electrons. The van der Waals surface area contributed by atoms with E-state index in [0.29, 0.717) is 44.7 Å². The van der Waals surface area contributed by atoms with E-state index < -0.39 is 0 Å². The minimum atomic E-state index is -0.268. The number of halogens is 1. The van der Waals surface area contributed by atoms with Crippen molar-refractivity contribution in [2.75, 3.05) is 26.2 Å². The number of carbonyl (C=O) groups excluding carboxylic acids is 2. The minimum absolute atomic E-state index is 0.0866. The number of piperazine rings is 1. The first-order valence-electron chi connectivity index (χ1n) is 9.88. The summed E-state index contributed by atoms with van der Waals surface area (Å²) in [5.74, 6) is -0.287.